The molecule has 17 nitrogen and oxygen atoms in total. The molecular weight excluding hydrogens is 781 g/mol. The minimum Gasteiger partial charge on any atom is -0.445 e. The first-order chi connectivity index (χ1) is 27.8. The van der Waals surface area contributed by atoms with Gasteiger partial charge in [0.15, 0.2) is 0 Å². The summed E-state index contributed by atoms with van der Waals surface area (Å²) in [4.78, 5) is 101. The third-order valence-corrected chi connectivity index (χ3v) is 11.4. The molecule has 330 valence electrons. The molecule has 1 aliphatic rings. The molecule has 0 aliphatic carbocycles. The molecule has 1 aromatic rings. The highest BCUT2D eigenvalue weighted by Gasteiger charge is 2.37. The third kappa shape index (κ3) is 18.7. The van der Waals surface area contributed by atoms with Crippen LogP contribution < -0.4 is 37.6 Å². The van der Waals surface area contributed by atoms with Crippen LogP contribution in [0.25, 0.3) is 0 Å². The number of imide groups is 1. The molecule has 1 aromatic carbocycles. The lowest BCUT2D eigenvalue weighted by molar-refractivity contribution is -0.138. The molecule has 18 heteroatoms. The second-order valence-electron chi connectivity index (χ2n) is 16.1. The van der Waals surface area contributed by atoms with Gasteiger partial charge in [0.25, 0.3) is 0 Å². The number of ether oxygens (including phenoxy) is 1. The summed E-state index contributed by atoms with van der Waals surface area (Å²) in [7, 11) is 0. The number of nitrogens with zero attached hydrogens (tertiary/aromatic N) is 1. The fourth-order valence-electron chi connectivity index (χ4n) is 5.93. The third-order valence-electron chi connectivity index (χ3n) is 10.5. The summed E-state index contributed by atoms with van der Waals surface area (Å²) in [5, 5.41) is 15.8. The topological polar surface area (TPSA) is 247 Å². The number of urea groups is 1. The molecule has 8 N–H and O–H groups in total. The monoisotopic (exact) mass is 846 g/mol. The number of hydrogen-bond donors (Lipinski definition) is 7. The van der Waals surface area contributed by atoms with Gasteiger partial charge in [-0.1, -0.05) is 60.1 Å². The van der Waals surface area contributed by atoms with Crippen LogP contribution in [0.1, 0.15) is 105 Å². The van der Waals surface area contributed by atoms with Crippen molar-refractivity contribution in [2.24, 2.45) is 23.0 Å². The van der Waals surface area contributed by atoms with E-state index in [0.717, 1.165) is 6.42 Å². The summed E-state index contributed by atoms with van der Waals surface area (Å²) in [6.07, 6.45) is 4.81. The van der Waals surface area contributed by atoms with Gasteiger partial charge in [-0.3, -0.25) is 33.7 Å². The second-order valence-corrected chi connectivity index (χ2v) is 17.1. The number of benzene rings is 1. The number of nitrogens with two attached hydrogens (primary N) is 1. The lowest BCUT2D eigenvalue weighted by atomic mass is 9.77. The van der Waals surface area contributed by atoms with E-state index in [2.05, 4.69) is 59.6 Å². The van der Waals surface area contributed by atoms with E-state index in [1.54, 1.807) is 44.4 Å². The minimum absolute atomic E-state index is 0.0378. The van der Waals surface area contributed by atoms with Crippen molar-refractivity contribution in [1.82, 2.24) is 31.5 Å². The lowest BCUT2D eigenvalue weighted by Crippen LogP contribution is -2.54. The lowest BCUT2D eigenvalue weighted by Gasteiger charge is -2.28. The molecule has 2 rings (SSSR count). The molecule has 1 saturated heterocycles. The maximum Gasteiger partial charge on any atom is 0.407 e. The van der Waals surface area contributed by atoms with Gasteiger partial charge in [0.2, 0.25) is 35.4 Å². The Morgan fingerprint density at radius 2 is 1.53 bits per heavy atom. The molecule has 0 saturated carbocycles. The van der Waals surface area contributed by atoms with Gasteiger partial charge in [0.05, 0.1) is 5.25 Å². The number of likely N-dealkylation sites (tertiary alicyclic amines) is 1. The van der Waals surface area contributed by atoms with E-state index in [1.165, 1.54) is 16.7 Å². The number of rotatable bonds is 26. The zero-order valence-corrected chi connectivity index (χ0v) is 36.5. The Balaban J connectivity index is 1.86. The number of amides is 9. The standard InChI is InChI=1S/C41H66N8O9S/c1-26(2)35(48-33(51)13-9-8-10-23-49-34(52)24-31(59-7)38(49)55)37(54)47-30(12-11-20-44-39(42)56)36(53)46-29-16-14-28(15-17-29)25-58-40(57)45-22-21-43-32(50)18-19-41(5,6)27(3)4/h14-17,26-27,30-31,35H,8-13,18-25H2,1-7H3,(H,43,50)(H,45,57)(H,46,53)(H,47,54)(H,48,51)(H3,42,44,56)/t30-,31?,35-/m0/s1. The van der Waals surface area contributed by atoms with Crippen molar-refractivity contribution in [2.45, 2.75) is 123 Å². The van der Waals surface area contributed by atoms with Gasteiger partial charge >= 0.3 is 12.1 Å². The summed E-state index contributed by atoms with van der Waals surface area (Å²) >= 11 is 1.36. The van der Waals surface area contributed by atoms with Gasteiger partial charge < -0.3 is 42.4 Å². The first-order valence-electron chi connectivity index (χ1n) is 20.4. The van der Waals surface area contributed by atoms with Crippen LogP contribution in [0, 0.1) is 17.3 Å². The average molecular weight is 847 g/mol. The Kier molecular flexibility index (Phi) is 21.8. The average Bonchev–Trinajstić information content (AvgIpc) is 3.46. The van der Waals surface area contributed by atoms with E-state index < -0.39 is 36.0 Å². The Morgan fingerprint density at radius 3 is 2.14 bits per heavy atom. The number of anilines is 1. The number of nitrogens with one attached hydrogen (secondary N) is 6. The number of alkyl carbamates (subject to hydrolysis) is 1. The van der Waals surface area contributed by atoms with Gasteiger partial charge in [-0.25, -0.2) is 9.59 Å². The predicted molar refractivity (Wildman–Crippen MR) is 227 cm³/mol. The van der Waals surface area contributed by atoms with Gasteiger partial charge in [-0.15, -0.1) is 0 Å². The van der Waals surface area contributed by atoms with Crippen LogP contribution in [0.2, 0.25) is 0 Å². The predicted octanol–water partition coefficient (Wildman–Crippen LogP) is 3.55. The molecule has 0 aromatic heterocycles. The minimum atomic E-state index is -1.03. The number of hydrogen-bond acceptors (Lipinski definition) is 10. The molecule has 0 bridgehead atoms. The van der Waals surface area contributed by atoms with E-state index in [9.17, 15) is 38.4 Å². The molecule has 0 radical (unpaired) electrons. The molecule has 59 heavy (non-hydrogen) atoms. The largest absolute Gasteiger partial charge is 0.445 e. The van der Waals surface area contributed by atoms with Crippen LogP contribution >= 0.6 is 11.8 Å². The van der Waals surface area contributed by atoms with Gasteiger partial charge in [-0.05, 0) is 73.3 Å². The van der Waals surface area contributed by atoms with Gasteiger partial charge in [0, 0.05) is 51.1 Å². The zero-order valence-electron chi connectivity index (χ0n) is 35.7. The summed E-state index contributed by atoms with van der Waals surface area (Å²) in [6, 6.07) is 3.90. The number of thioether (sulfide) groups is 1. The van der Waals surface area contributed by atoms with Crippen LogP contribution in [0.5, 0.6) is 0 Å². The number of carbonyl (C=O) groups excluding carboxylic acids is 8. The molecular formula is C41H66N8O9S. The SMILES string of the molecule is CSC1CC(=O)N(CCCCCC(=O)N[C@H](C(=O)N[C@@H](CCCNC(N)=O)C(=O)Nc2ccc(COC(=O)NCCNC(=O)CCC(C)(C)C(C)C)cc2)C(C)C)C1=O. The first-order valence-corrected chi connectivity index (χ1v) is 21.7. The summed E-state index contributed by atoms with van der Waals surface area (Å²) in [5.41, 5.74) is 6.30. The van der Waals surface area contributed by atoms with E-state index in [-0.39, 0.29) is 85.7 Å². The van der Waals surface area contributed by atoms with E-state index in [4.69, 9.17) is 10.5 Å². The van der Waals surface area contributed by atoms with Crippen molar-refractivity contribution < 1.29 is 43.1 Å². The molecule has 1 unspecified atom stereocenters. The van der Waals surface area contributed by atoms with Crippen LogP contribution in [0.3, 0.4) is 0 Å². The van der Waals surface area contributed by atoms with Gasteiger partial charge in [0.1, 0.15) is 18.7 Å². The maximum atomic E-state index is 13.5. The molecule has 0 spiro atoms. The maximum absolute atomic E-state index is 13.5. The van der Waals surface area contributed by atoms with Crippen LogP contribution in [0.4, 0.5) is 15.3 Å². The van der Waals surface area contributed by atoms with Crippen molar-refractivity contribution in [3.63, 3.8) is 0 Å². The normalized spacial score (nSPS) is 15.1. The molecule has 9 amide bonds. The molecule has 3 atom stereocenters. The molecule has 1 aliphatic heterocycles. The zero-order chi connectivity index (χ0) is 44.1. The molecule has 1 heterocycles. The van der Waals surface area contributed by atoms with E-state index in [1.807, 2.05) is 0 Å². The van der Waals surface area contributed by atoms with Crippen molar-refractivity contribution in [1.29, 1.82) is 0 Å². The highest BCUT2D eigenvalue weighted by molar-refractivity contribution is 8.00. The van der Waals surface area contributed by atoms with Crippen molar-refractivity contribution in [3.05, 3.63) is 29.8 Å². The first kappa shape index (κ1) is 50.3. The van der Waals surface area contributed by atoms with E-state index in [0.29, 0.717) is 55.8 Å². The van der Waals surface area contributed by atoms with Gasteiger partial charge in [-0.2, -0.15) is 11.8 Å². The fourth-order valence-corrected chi connectivity index (χ4v) is 6.56. The van der Waals surface area contributed by atoms with Crippen LogP contribution in [-0.2, 0) is 40.1 Å². The molecule has 1 fully saturated rings. The summed E-state index contributed by atoms with van der Waals surface area (Å²) < 4.78 is 5.27. The Labute approximate surface area is 352 Å². The number of carbonyl (C=O) groups is 8. The Morgan fingerprint density at radius 1 is 0.847 bits per heavy atom. The highest BCUT2D eigenvalue weighted by Crippen LogP contribution is 2.31. The number of unbranched alkanes of at least 4 members (excludes halogenated alkanes) is 2. The van der Waals surface area contributed by atoms with Crippen molar-refractivity contribution in [2.75, 3.05) is 37.8 Å². The van der Waals surface area contributed by atoms with Crippen LogP contribution in [-0.4, -0.2) is 102 Å². The van der Waals surface area contributed by atoms with Crippen molar-refractivity contribution >= 4 is 65.0 Å². The highest BCUT2D eigenvalue weighted by atomic mass is 32.2. The Bertz CT molecular complexity index is 1590. The van der Waals surface area contributed by atoms with E-state index >= 15 is 0 Å². The number of primary amides is 1. The van der Waals surface area contributed by atoms with Crippen LogP contribution in [0.15, 0.2) is 24.3 Å². The quantitative estimate of drug-likeness (QED) is 0.0528. The fraction of sp³-hybridized carbons (Fsp3) is 0.659. The Hall–Kier alpha value is -4.87. The smallest absolute Gasteiger partial charge is 0.407 e. The second kappa shape index (κ2) is 25.6. The summed E-state index contributed by atoms with van der Waals surface area (Å²) in [5.74, 6) is -1.70. The van der Waals surface area contributed by atoms with Crippen molar-refractivity contribution in [3.8, 4) is 0 Å². The summed E-state index contributed by atoms with van der Waals surface area (Å²) in [6.45, 7) is 13.0.